The van der Waals surface area contributed by atoms with Gasteiger partial charge in [0.2, 0.25) is 5.91 Å². The monoisotopic (exact) mass is 330 g/mol. The van der Waals surface area contributed by atoms with Crippen molar-refractivity contribution in [2.24, 2.45) is 0 Å². The first kappa shape index (κ1) is 17.0. The first-order valence-corrected chi connectivity index (χ1v) is 7.86. The lowest BCUT2D eigenvalue weighted by molar-refractivity contribution is -0.121. The highest BCUT2D eigenvalue weighted by Crippen LogP contribution is 2.20. The fourth-order valence-electron chi connectivity index (χ4n) is 2.27. The van der Waals surface area contributed by atoms with E-state index in [1.165, 1.54) is 0 Å². The molecule has 2 aromatic carbocycles. The Morgan fingerprint density at radius 3 is 2.35 bits per heavy atom. The van der Waals surface area contributed by atoms with Gasteiger partial charge in [0.15, 0.2) is 0 Å². The molecular weight excluding hydrogens is 312 g/mol. The standard InChI is InChI=1S/C18H19ClN2O2/c1-2-20-17(22)12-16(13-8-4-3-5-9-13)21-18(23)14-10-6-7-11-15(14)19/h3-11,16H,2,12H2,1H3,(H,20,22)(H,21,23)/t16-/m0/s1. The summed E-state index contributed by atoms with van der Waals surface area (Å²) in [5.41, 5.74) is 1.27. The highest BCUT2D eigenvalue weighted by atomic mass is 35.5. The smallest absolute Gasteiger partial charge is 0.253 e. The second kappa shape index (κ2) is 8.34. The van der Waals surface area contributed by atoms with E-state index in [9.17, 15) is 9.59 Å². The van der Waals surface area contributed by atoms with Crippen LogP contribution in [0.1, 0.15) is 35.3 Å². The van der Waals surface area contributed by atoms with Crippen LogP contribution >= 0.6 is 11.6 Å². The van der Waals surface area contributed by atoms with Crippen LogP contribution in [0.25, 0.3) is 0 Å². The molecule has 5 heteroatoms. The zero-order chi connectivity index (χ0) is 16.7. The third kappa shape index (κ3) is 4.83. The number of carbonyl (C=O) groups excluding carboxylic acids is 2. The van der Waals surface area contributed by atoms with E-state index in [0.29, 0.717) is 17.1 Å². The van der Waals surface area contributed by atoms with Gasteiger partial charge < -0.3 is 10.6 Å². The van der Waals surface area contributed by atoms with Crippen molar-refractivity contribution >= 4 is 23.4 Å². The second-order valence-electron chi connectivity index (χ2n) is 5.07. The van der Waals surface area contributed by atoms with Gasteiger partial charge in [0.25, 0.3) is 5.91 Å². The molecule has 0 unspecified atom stereocenters. The molecule has 2 N–H and O–H groups in total. The lowest BCUT2D eigenvalue weighted by Crippen LogP contribution is -2.33. The topological polar surface area (TPSA) is 58.2 Å². The van der Waals surface area contributed by atoms with Gasteiger partial charge >= 0.3 is 0 Å². The Morgan fingerprint density at radius 2 is 1.70 bits per heavy atom. The number of carbonyl (C=O) groups is 2. The largest absolute Gasteiger partial charge is 0.356 e. The van der Waals surface area contributed by atoms with E-state index in [1.807, 2.05) is 37.3 Å². The number of amides is 2. The van der Waals surface area contributed by atoms with Crippen LogP contribution in [-0.2, 0) is 4.79 Å². The molecule has 2 amide bonds. The van der Waals surface area contributed by atoms with Crippen molar-refractivity contribution in [1.82, 2.24) is 10.6 Å². The van der Waals surface area contributed by atoms with E-state index in [-0.39, 0.29) is 18.2 Å². The summed E-state index contributed by atoms with van der Waals surface area (Å²) in [6, 6.07) is 15.8. The molecule has 0 aliphatic rings. The van der Waals surface area contributed by atoms with Gasteiger partial charge in [0.1, 0.15) is 0 Å². The number of hydrogen-bond acceptors (Lipinski definition) is 2. The lowest BCUT2D eigenvalue weighted by Gasteiger charge is -2.19. The molecule has 2 aromatic rings. The Hall–Kier alpha value is -2.33. The molecule has 0 aliphatic heterocycles. The maximum atomic E-state index is 12.5. The second-order valence-corrected chi connectivity index (χ2v) is 5.48. The average molecular weight is 331 g/mol. The Bertz CT molecular complexity index is 674. The highest BCUT2D eigenvalue weighted by Gasteiger charge is 2.20. The van der Waals surface area contributed by atoms with Gasteiger partial charge in [-0.2, -0.15) is 0 Å². The third-order valence-corrected chi connectivity index (χ3v) is 3.72. The maximum absolute atomic E-state index is 12.5. The number of benzene rings is 2. The molecule has 0 aromatic heterocycles. The zero-order valence-corrected chi connectivity index (χ0v) is 13.6. The zero-order valence-electron chi connectivity index (χ0n) is 12.9. The molecule has 0 bridgehead atoms. The summed E-state index contributed by atoms with van der Waals surface area (Å²) in [6.07, 6.45) is 0.175. The van der Waals surface area contributed by atoms with Gasteiger partial charge in [-0.15, -0.1) is 0 Å². The number of halogens is 1. The molecule has 0 fully saturated rings. The summed E-state index contributed by atoms with van der Waals surface area (Å²) >= 11 is 6.06. The van der Waals surface area contributed by atoms with E-state index < -0.39 is 6.04 Å². The molecule has 1 atom stereocenters. The van der Waals surface area contributed by atoms with Crippen LogP contribution in [0, 0.1) is 0 Å². The fourth-order valence-corrected chi connectivity index (χ4v) is 2.50. The van der Waals surface area contributed by atoms with Crippen molar-refractivity contribution < 1.29 is 9.59 Å². The summed E-state index contributed by atoms with van der Waals surface area (Å²) in [5.74, 6) is -0.408. The van der Waals surface area contributed by atoms with E-state index in [1.54, 1.807) is 24.3 Å². The molecule has 2 rings (SSSR count). The van der Waals surface area contributed by atoms with Crippen molar-refractivity contribution in [3.05, 3.63) is 70.7 Å². The molecule has 23 heavy (non-hydrogen) atoms. The summed E-state index contributed by atoms with van der Waals surface area (Å²) in [7, 11) is 0. The van der Waals surface area contributed by atoms with Crippen molar-refractivity contribution in [3.63, 3.8) is 0 Å². The Morgan fingerprint density at radius 1 is 1.04 bits per heavy atom. The average Bonchev–Trinajstić information content (AvgIpc) is 2.55. The molecule has 120 valence electrons. The minimum Gasteiger partial charge on any atom is -0.356 e. The predicted octanol–water partition coefficient (Wildman–Crippen LogP) is 3.34. The number of rotatable bonds is 6. The SMILES string of the molecule is CCNC(=O)C[C@H](NC(=O)c1ccccc1Cl)c1ccccc1. The molecule has 0 heterocycles. The van der Waals surface area contributed by atoms with Gasteiger partial charge in [-0.05, 0) is 24.6 Å². The summed E-state index contributed by atoms with van der Waals surface area (Å²) in [5, 5.41) is 6.03. The molecule has 0 radical (unpaired) electrons. The summed E-state index contributed by atoms with van der Waals surface area (Å²) in [6.45, 7) is 2.41. The Labute approximate surface area is 140 Å². The van der Waals surface area contributed by atoms with Crippen LogP contribution in [-0.4, -0.2) is 18.4 Å². The van der Waals surface area contributed by atoms with Gasteiger partial charge in [0, 0.05) is 6.54 Å². The van der Waals surface area contributed by atoms with E-state index in [2.05, 4.69) is 10.6 Å². The third-order valence-electron chi connectivity index (χ3n) is 3.39. The van der Waals surface area contributed by atoms with Gasteiger partial charge in [-0.25, -0.2) is 0 Å². The van der Waals surface area contributed by atoms with Crippen molar-refractivity contribution in [3.8, 4) is 0 Å². The van der Waals surface area contributed by atoms with Crippen LogP contribution in [0.5, 0.6) is 0 Å². The van der Waals surface area contributed by atoms with Crippen LogP contribution in [0.3, 0.4) is 0 Å². The summed E-state index contributed by atoms with van der Waals surface area (Å²) in [4.78, 5) is 24.4. The highest BCUT2D eigenvalue weighted by molar-refractivity contribution is 6.33. The Balaban J connectivity index is 2.19. The molecule has 4 nitrogen and oxygen atoms in total. The molecule has 0 saturated heterocycles. The maximum Gasteiger partial charge on any atom is 0.253 e. The van der Waals surface area contributed by atoms with E-state index in [0.717, 1.165) is 5.56 Å². The molecule has 0 aliphatic carbocycles. The minimum absolute atomic E-state index is 0.110. The first-order valence-electron chi connectivity index (χ1n) is 7.49. The quantitative estimate of drug-likeness (QED) is 0.853. The minimum atomic E-state index is -0.411. The Kier molecular flexibility index (Phi) is 6.18. The van der Waals surface area contributed by atoms with E-state index >= 15 is 0 Å². The first-order chi connectivity index (χ1) is 11.1. The van der Waals surface area contributed by atoms with Gasteiger partial charge in [-0.3, -0.25) is 9.59 Å². The van der Waals surface area contributed by atoms with Crippen LogP contribution in [0.4, 0.5) is 0 Å². The van der Waals surface area contributed by atoms with Gasteiger partial charge in [-0.1, -0.05) is 54.1 Å². The van der Waals surface area contributed by atoms with E-state index in [4.69, 9.17) is 11.6 Å². The predicted molar refractivity (Wildman–Crippen MR) is 91.4 cm³/mol. The summed E-state index contributed by atoms with van der Waals surface area (Å²) < 4.78 is 0. The molecule has 0 spiro atoms. The van der Waals surface area contributed by atoms with Crippen LogP contribution < -0.4 is 10.6 Å². The number of nitrogens with one attached hydrogen (secondary N) is 2. The molecule has 0 saturated carbocycles. The van der Waals surface area contributed by atoms with Crippen molar-refractivity contribution in [2.75, 3.05) is 6.54 Å². The van der Waals surface area contributed by atoms with Crippen LogP contribution in [0.15, 0.2) is 54.6 Å². The fraction of sp³-hybridized carbons (Fsp3) is 0.222. The van der Waals surface area contributed by atoms with Gasteiger partial charge in [0.05, 0.1) is 23.0 Å². The normalized spacial score (nSPS) is 11.6. The van der Waals surface area contributed by atoms with Crippen molar-refractivity contribution in [2.45, 2.75) is 19.4 Å². The van der Waals surface area contributed by atoms with Crippen molar-refractivity contribution in [1.29, 1.82) is 0 Å². The number of hydrogen-bond donors (Lipinski definition) is 2. The lowest BCUT2D eigenvalue weighted by atomic mass is 10.0. The van der Waals surface area contributed by atoms with Crippen LogP contribution in [0.2, 0.25) is 5.02 Å². The molecular formula is C18H19ClN2O2.